The zero-order valence-electron chi connectivity index (χ0n) is 11.5. The van der Waals surface area contributed by atoms with Crippen LogP contribution in [0, 0.1) is 6.92 Å². The van der Waals surface area contributed by atoms with Gasteiger partial charge in [-0.3, -0.25) is 0 Å². The predicted molar refractivity (Wildman–Crippen MR) is 84.2 cm³/mol. The lowest BCUT2D eigenvalue weighted by molar-refractivity contribution is 0.0697. The van der Waals surface area contributed by atoms with E-state index in [1.807, 2.05) is 19.1 Å². The van der Waals surface area contributed by atoms with E-state index in [1.54, 1.807) is 12.1 Å². The number of carbonyl (C=O) groups is 1. The number of nitrogens with one attached hydrogen (secondary N) is 1. The average Bonchev–Trinajstić information content (AvgIpc) is 2.39. The summed E-state index contributed by atoms with van der Waals surface area (Å²) in [4.78, 5) is 10.9. The lowest BCUT2D eigenvalue weighted by Gasteiger charge is -2.12. The molecule has 0 unspecified atom stereocenters. The smallest absolute Gasteiger partial charge is 0.337 e. The molecule has 2 aromatic carbocycles. The van der Waals surface area contributed by atoms with Crippen molar-refractivity contribution in [3.05, 3.63) is 52.5 Å². The Hall–Kier alpha value is -2.09. The number of benzene rings is 2. The molecule has 116 valence electrons. The zero-order chi connectivity index (χ0) is 16.5. The number of aromatic carboxylic acids is 1. The maximum absolute atomic E-state index is 11.4. The number of hydrogen-bond donors (Lipinski definition) is 3. The van der Waals surface area contributed by atoms with Crippen molar-refractivity contribution in [2.24, 2.45) is 5.14 Å². The summed E-state index contributed by atoms with van der Waals surface area (Å²) < 4.78 is 22.8. The monoisotopic (exact) mass is 340 g/mol. The molecule has 0 saturated heterocycles. The third kappa shape index (κ3) is 3.56. The van der Waals surface area contributed by atoms with Gasteiger partial charge < -0.3 is 10.4 Å². The molecule has 4 N–H and O–H groups in total. The molecule has 0 aliphatic carbocycles. The fourth-order valence-corrected chi connectivity index (χ4v) is 2.94. The van der Waals surface area contributed by atoms with Crippen molar-refractivity contribution < 1.29 is 18.3 Å². The minimum absolute atomic E-state index is 0.151. The highest BCUT2D eigenvalue weighted by molar-refractivity contribution is 7.89. The molecule has 0 amide bonds. The molecule has 0 radical (unpaired) electrons. The number of carboxylic acid groups (broad SMARTS) is 1. The first kappa shape index (κ1) is 16.3. The SMILES string of the molecule is Cc1ccc(Nc2cc(Cl)c(S(N)(=O)=O)cc2C(=O)O)cc1. The summed E-state index contributed by atoms with van der Waals surface area (Å²) in [7, 11) is -4.11. The van der Waals surface area contributed by atoms with Crippen molar-refractivity contribution in [2.75, 3.05) is 5.32 Å². The van der Waals surface area contributed by atoms with Crippen molar-refractivity contribution in [2.45, 2.75) is 11.8 Å². The number of nitrogens with two attached hydrogens (primary N) is 1. The Kier molecular flexibility index (Phi) is 4.41. The van der Waals surface area contributed by atoms with Gasteiger partial charge in [0.1, 0.15) is 4.90 Å². The highest BCUT2D eigenvalue weighted by Crippen LogP contribution is 2.30. The van der Waals surface area contributed by atoms with Gasteiger partial charge in [-0.2, -0.15) is 0 Å². The van der Waals surface area contributed by atoms with Gasteiger partial charge in [0.2, 0.25) is 10.0 Å². The van der Waals surface area contributed by atoms with Gasteiger partial charge in [-0.1, -0.05) is 29.3 Å². The predicted octanol–water partition coefficient (Wildman–Crippen LogP) is 2.74. The van der Waals surface area contributed by atoms with Crippen molar-refractivity contribution in [3.63, 3.8) is 0 Å². The van der Waals surface area contributed by atoms with Crippen molar-refractivity contribution in [1.29, 1.82) is 0 Å². The van der Waals surface area contributed by atoms with E-state index in [-0.39, 0.29) is 16.3 Å². The minimum atomic E-state index is -4.11. The zero-order valence-corrected chi connectivity index (χ0v) is 13.1. The standard InChI is InChI=1S/C14H13ClN2O4S/c1-8-2-4-9(5-3-8)17-12-7-11(15)13(22(16,20)21)6-10(12)14(18)19/h2-7,17H,1H3,(H,18,19)(H2,16,20,21). The van der Waals surface area contributed by atoms with Crippen LogP contribution in [0.2, 0.25) is 5.02 Å². The van der Waals surface area contributed by atoms with E-state index >= 15 is 0 Å². The maximum atomic E-state index is 11.4. The van der Waals surface area contributed by atoms with Crippen LogP contribution in [-0.4, -0.2) is 19.5 Å². The summed E-state index contributed by atoms with van der Waals surface area (Å²) in [5.74, 6) is -1.30. The van der Waals surface area contributed by atoms with Crippen LogP contribution < -0.4 is 10.5 Å². The molecule has 6 nitrogen and oxygen atoms in total. The highest BCUT2D eigenvalue weighted by atomic mass is 35.5. The molecule has 0 aliphatic rings. The normalized spacial score (nSPS) is 11.2. The second kappa shape index (κ2) is 5.96. The second-order valence-electron chi connectivity index (χ2n) is 4.67. The molecule has 0 aliphatic heterocycles. The number of rotatable bonds is 4. The van der Waals surface area contributed by atoms with Crippen molar-refractivity contribution >= 4 is 39.0 Å². The van der Waals surface area contributed by atoms with Crippen LogP contribution in [0.5, 0.6) is 0 Å². The van der Waals surface area contributed by atoms with Crippen LogP contribution >= 0.6 is 11.6 Å². The first-order valence-electron chi connectivity index (χ1n) is 6.12. The van der Waals surface area contributed by atoms with E-state index in [4.69, 9.17) is 16.7 Å². The molecule has 22 heavy (non-hydrogen) atoms. The Morgan fingerprint density at radius 2 is 1.82 bits per heavy atom. The molecule has 0 fully saturated rings. The number of carboxylic acids is 1. The average molecular weight is 341 g/mol. The van der Waals surface area contributed by atoms with E-state index in [0.29, 0.717) is 5.69 Å². The Morgan fingerprint density at radius 1 is 1.23 bits per heavy atom. The van der Waals surface area contributed by atoms with Crippen molar-refractivity contribution in [1.82, 2.24) is 0 Å². The van der Waals surface area contributed by atoms with E-state index < -0.39 is 20.9 Å². The van der Waals surface area contributed by atoms with Gasteiger partial charge in [0.15, 0.2) is 0 Å². The summed E-state index contributed by atoms with van der Waals surface area (Å²) in [6.07, 6.45) is 0. The third-order valence-corrected chi connectivity index (χ3v) is 4.32. The Bertz CT molecular complexity index is 833. The van der Waals surface area contributed by atoms with Crippen LogP contribution in [0.4, 0.5) is 11.4 Å². The van der Waals surface area contributed by atoms with Gasteiger partial charge in [-0.05, 0) is 31.2 Å². The van der Waals surface area contributed by atoms with Crippen LogP contribution in [0.15, 0.2) is 41.3 Å². The molecule has 0 atom stereocenters. The number of primary sulfonamides is 1. The molecule has 8 heteroatoms. The second-order valence-corrected chi connectivity index (χ2v) is 6.61. The molecule has 2 aromatic rings. The quantitative estimate of drug-likeness (QED) is 0.792. The Balaban J connectivity index is 2.53. The van der Waals surface area contributed by atoms with Gasteiger partial charge in [-0.25, -0.2) is 18.4 Å². The van der Waals surface area contributed by atoms with E-state index in [2.05, 4.69) is 5.32 Å². The number of hydrogen-bond acceptors (Lipinski definition) is 4. The first-order valence-corrected chi connectivity index (χ1v) is 8.04. The Labute approximate surface area is 132 Å². The van der Waals surface area contributed by atoms with Crippen LogP contribution in [0.3, 0.4) is 0 Å². The van der Waals surface area contributed by atoms with E-state index in [1.165, 1.54) is 6.07 Å². The number of aryl methyl sites for hydroxylation is 1. The number of halogens is 1. The molecule has 0 saturated carbocycles. The maximum Gasteiger partial charge on any atom is 0.337 e. The van der Waals surface area contributed by atoms with Gasteiger partial charge in [0.05, 0.1) is 16.3 Å². The lowest BCUT2D eigenvalue weighted by atomic mass is 10.1. The van der Waals surface area contributed by atoms with Crippen LogP contribution in [0.1, 0.15) is 15.9 Å². The fraction of sp³-hybridized carbons (Fsp3) is 0.0714. The summed E-state index contributed by atoms with van der Waals surface area (Å²) in [5.41, 5.74) is 1.63. The lowest BCUT2D eigenvalue weighted by Crippen LogP contribution is -2.14. The molecule has 0 spiro atoms. The van der Waals surface area contributed by atoms with Crippen LogP contribution in [-0.2, 0) is 10.0 Å². The van der Waals surface area contributed by atoms with E-state index in [0.717, 1.165) is 11.6 Å². The molecular formula is C14H13ClN2O4S. The third-order valence-electron chi connectivity index (χ3n) is 2.94. The summed E-state index contributed by atoms with van der Waals surface area (Å²) in [5, 5.41) is 17.0. The van der Waals surface area contributed by atoms with Crippen molar-refractivity contribution in [3.8, 4) is 0 Å². The summed E-state index contributed by atoms with van der Waals surface area (Å²) in [6.45, 7) is 1.92. The Morgan fingerprint density at radius 3 is 2.32 bits per heavy atom. The fourth-order valence-electron chi connectivity index (χ4n) is 1.84. The summed E-state index contributed by atoms with van der Waals surface area (Å²) in [6, 6.07) is 9.40. The summed E-state index contributed by atoms with van der Waals surface area (Å²) >= 11 is 5.89. The first-order chi connectivity index (χ1) is 10.2. The number of anilines is 2. The topological polar surface area (TPSA) is 109 Å². The van der Waals surface area contributed by atoms with E-state index in [9.17, 15) is 18.3 Å². The van der Waals surface area contributed by atoms with Gasteiger partial charge in [-0.15, -0.1) is 0 Å². The van der Waals surface area contributed by atoms with Gasteiger partial charge >= 0.3 is 5.97 Å². The molecular weight excluding hydrogens is 328 g/mol. The molecule has 2 rings (SSSR count). The van der Waals surface area contributed by atoms with Gasteiger partial charge in [0.25, 0.3) is 0 Å². The number of sulfonamides is 1. The largest absolute Gasteiger partial charge is 0.478 e. The van der Waals surface area contributed by atoms with Gasteiger partial charge in [0, 0.05) is 5.69 Å². The molecule has 0 bridgehead atoms. The van der Waals surface area contributed by atoms with Crippen LogP contribution in [0.25, 0.3) is 0 Å². The minimum Gasteiger partial charge on any atom is -0.478 e. The molecule has 0 aromatic heterocycles. The highest BCUT2D eigenvalue weighted by Gasteiger charge is 2.20. The molecule has 0 heterocycles.